The number of aryl methyl sites for hydroxylation is 2. The van der Waals surface area contributed by atoms with Crippen molar-refractivity contribution in [1.82, 2.24) is 4.57 Å². The second-order valence-electron chi connectivity index (χ2n) is 6.88. The summed E-state index contributed by atoms with van der Waals surface area (Å²) in [5.74, 6) is -0.529. The van der Waals surface area contributed by atoms with E-state index in [0.717, 1.165) is 17.7 Å². The molecule has 0 N–H and O–H groups in total. The fourth-order valence-electron chi connectivity index (χ4n) is 3.88. The van der Waals surface area contributed by atoms with E-state index in [1.807, 2.05) is 18.2 Å². The number of benzene rings is 2. The van der Waals surface area contributed by atoms with Gasteiger partial charge in [-0.25, -0.2) is 0 Å². The van der Waals surface area contributed by atoms with E-state index in [-0.39, 0.29) is 17.0 Å². The Balaban J connectivity index is 2.17. The molecule has 0 saturated carbocycles. The van der Waals surface area contributed by atoms with Gasteiger partial charge in [-0.3, -0.25) is 14.4 Å². The topological polar surface area (TPSA) is 65.4 Å². The number of aromatic nitrogens is 1. The van der Waals surface area contributed by atoms with Crippen molar-refractivity contribution in [3.63, 3.8) is 0 Å². The largest absolute Gasteiger partial charge is 0.426 e. The van der Waals surface area contributed by atoms with E-state index in [1.165, 1.54) is 25.5 Å². The molecule has 3 aromatic rings. The van der Waals surface area contributed by atoms with Crippen molar-refractivity contribution in [3.05, 3.63) is 63.3 Å². The van der Waals surface area contributed by atoms with Crippen molar-refractivity contribution in [3.8, 4) is 17.0 Å². The number of carbonyl (C=O) groups is 2. The predicted octanol–water partition coefficient (Wildman–Crippen LogP) is 3.66. The molecule has 0 atom stereocenters. The molecule has 0 aliphatic carbocycles. The number of rotatable bonds is 2. The number of Topliss-reactive ketones (excluding diaryl/α,β-unsaturated/α-hetero) is 1. The smallest absolute Gasteiger partial charge is 0.308 e. The number of pyridine rings is 1. The lowest BCUT2D eigenvalue weighted by molar-refractivity contribution is -0.131. The number of nitrogens with zero attached hydrogens (tertiary/aromatic N) is 1. The van der Waals surface area contributed by atoms with Crippen molar-refractivity contribution < 1.29 is 14.3 Å². The zero-order valence-electron chi connectivity index (χ0n) is 15.5. The molecule has 5 heteroatoms. The van der Waals surface area contributed by atoms with E-state index in [0.29, 0.717) is 28.6 Å². The van der Waals surface area contributed by atoms with Crippen LogP contribution < -0.4 is 10.2 Å². The molecule has 0 unspecified atom stereocenters. The average Bonchev–Trinajstić information content (AvgIpc) is 2.64. The fourth-order valence-corrected chi connectivity index (χ4v) is 3.88. The number of fused-ring (bicyclic) bond motifs is 5. The maximum atomic E-state index is 13.2. The second-order valence-corrected chi connectivity index (χ2v) is 6.88. The van der Waals surface area contributed by atoms with Crippen molar-refractivity contribution in [1.29, 1.82) is 0 Å². The molecule has 2 heterocycles. The van der Waals surface area contributed by atoms with Gasteiger partial charge in [0, 0.05) is 30.2 Å². The van der Waals surface area contributed by atoms with E-state index in [2.05, 4.69) is 10.6 Å². The molecule has 136 valence electrons. The lowest BCUT2D eigenvalue weighted by Crippen LogP contribution is -2.22. The summed E-state index contributed by atoms with van der Waals surface area (Å²) >= 11 is 0. The molecule has 1 aliphatic heterocycles. The minimum absolute atomic E-state index is 0.146. The number of hydrogen-bond acceptors (Lipinski definition) is 4. The van der Waals surface area contributed by atoms with E-state index in [9.17, 15) is 14.4 Å². The highest BCUT2D eigenvalue weighted by atomic mass is 16.5. The highest BCUT2D eigenvalue weighted by Crippen LogP contribution is 2.36. The highest BCUT2D eigenvalue weighted by Gasteiger charge is 2.24. The Bertz CT molecular complexity index is 1190. The monoisotopic (exact) mass is 361 g/mol. The maximum absolute atomic E-state index is 13.2. The van der Waals surface area contributed by atoms with Crippen molar-refractivity contribution in [2.24, 2.45) is 0 Å². The summed E-state index contributed by atoms with van der Waals surface area (Å²) in [6.45, 7) is 5.22. The Morgan fingerprint density at radius 2 is 1.85 bits per heavy atom. The van der Waals surface area contributed by atoms with E-state index >= 15 is 0 Å². The van der Waals surface area contributed by atoms with Crippen LogP contribution in [-0.4, -0.2) is 16.3 Å². The van der Waals surface area contributed by atoms with E-state index in [1.54, 1.807) is 13.0 Å². The van der Waals surface area contributed by atoms with Gasteiger partial charge in [-0.2, -0.15) is 0 Å². The Morgan fingerprint density at radius 3 is 2.56 bits per heavy atom. The minimum Gasteiger partial charge on any atom is -0.426 e. The van der Waals surface area contributed by atoms with Gasteiger partial charge < -0.3 is 9.30 Å². The molecule has 4 rings (SSSR count). The van der Waals surface area contributed by atoms with Crippen LogP contribution in [0.25, 0.3) is 22.2 Å². The molecule has 0 amide bonds. The van der Waals surface area contributed by atoms with Crippen LogP contribution in [0.4, 0.5) is 0 Å². The summed E-state index contributed by atoms with van der Waals surface area (Å²) in [4.78, 5) is 36.8. The number of hydrogen-bond donors (Lipinski definition) is 0. The van der Waals surface area contributed by atoms with Gasteiger partial charge in [-0.05, 0) is 38.0 Å². The lowest BCUT2D eigenvalue weighted by atomic mass is 9.92. The number of ketones is 1. The quantitative estimate of drug-likeness (QED) is 0.397. The Hall–Kier alpha value is -3.21. The fraction of sp³-hybridized carbons (Fsp3) is 0.227. The highest BCUT2D eigenvalue weighted by molar-refractivity contribution is 6.01. The molecule has 5 nitrogen and oxygen atoms in total. The first-order chi connectivity index (χ1) is 12.9. The minimum atomic E-state index is -0.526. The van der Waals surface area contributed by atoms with Crippen molar-refractivity contribution in [2.45, 2.75) is 33.7 Å². The Morgan fingerprint density at radius 1 is 1.11 bits per heavy atom. The molecule has 0 radical (unpaired) electrons. The third-order valence-electron chi connectivity index (χ3n) is 5.10. The van der Waals surface area contributed by atoms with Gasteiger partial charge in [0.2, 0.25) is 0 Å². The van der Waals surface area contributed by atoms with E-state index in [4.69, 9.17) is 4.74 Å². The van der Waals surface area contributed by atoms with Crippen LogP contribution >= 0.6 is 0 Å². The first kappa shape index (κ1) is 17.2. The van der Waals surface area contributed by atoms with Gasteiger partial charge in [0.05, 0.1) is 16.6 Å². The first-order valence-corrected chi connectivity index (χ1v) is 8.87. The molecule has 0 fully saturated rings. The molecule has 0 bridgehead atoms. The molecule has 1 aliphatic rings. The van der Waals surface area contributed by atoms with Crippen LogP contribution in [0.5, 0.6) is 5.75 Å². The van der Waals surface area contributed by atoms with Gasteiger partial charge in [-0.1, -0.05) is 24.3 Å². The van der Waals surface area contributed by atoms with Crippen molar-refractivity contribution >= 4 is 22.7 Å². The summed E-state index contributed by atoms with van der Waals surface area (Å²) < 4.78 is 7.37. The normalized spacial score (nSPS) is 12.4. The standard InChI is InChI=1S/C22H19NO4/c1-12-21-17-7-5-4-6-15(17)8-9-23(21)18-10-16(13(2)24)11-19(27-14(3)25)20(18)22(12)26/h4-7,10-11H,8-9H2,1-3H3. The van der Waals surface area contributed by atoms with Crippen LogP contribution in [0.3, 0.4) is 0 Å². The molecule has 0 saturated heterocycles. The molecule has 2 aromatic carbocycles. The number of carbonyl (C=O) groups excluding carboxylic acids is 2. The van der Waals surface area contributed by atoms with E-state index < -0.39 is 5.97 Å². The van der Waals surface area contributed by atoms with Gasteiger partial charge in [0.15, 0.2) is 11.2 Å². The summed E-state index contributed by atoms with van der Waals surface area (Å²) in [6, 6.07) is 11.2. The molecule has 27 heavy (non-hydrogen) atoms. The van der Waals surface area contributed by atoms with Gasteiger partial charge in [-0.15, -0.1) is 0 Å². The Kier molecular flexibility index (Phi) is 3.95. The number of ether oxygens (including phenoxy) is 1. The Labute approximate surface area is 156 Å². The molecular formula is C22H19NO4. The molecule has 0 spiro atoms. The zero-order valence-corrected chi connectivity index (χ0v) is 15.5. The third kappa shape index (κ3) is 2.67. The van der Waals surface area contributed by atoms with Crippen LogP contribution in [0.1, 0.15) is 35.3 Å². The molecule has 1 aromatic heterocycles. The number of esters is 1. The SMILES string of the molecule is CC(=O)Oc1cc(C(C)=O)cc2c1c(=O)c(C)c1n2CCc2ccccc2-1. The maximum Gasteiger partial charge on any atom is 0.308 e. The second kappa shape index (κ2) is 6.20. The summed E-state index contributed by atoms with van der Waals surface area (Å²) in [6.07, 6.45) is 0.827. The van der Waals surface area contributed by atoms with Gasteiger partial charge in [0.25, 0.3) is 0 Å². The molecular weight excluding hydrogens is 342 g/mol. The average molecular weight is 361 g/mol. The summed E-state index contributed by atoms with van der Waals surface area (Å²) in [7, 11) is 0. The van der Waals surface area contributed by atoms with Crippen LogP contribution in [-0.2, 0) is 17.8 Å². The summed E-state index contributed by atoms with van der Waals surface area (Å²) in [5, 5.41) is 0.343. The van der Waals surface area contributed by atoms with Gasteiger partial charge in [0.1, 0.15) is 5.75 Å². The zero-order chi connectivity index (χ0) is 19.3. The third-order valence-corrected chi connectivity index (χ3v) is 5.10. The van der Waals surface area contributed by atoms with Gasteiger partial charge >= 0.3 is 5.97 Å². The van der Waals surface area contributed by atoms with Crippen LogP contribution in [0.15, 0.2) is 41.2 Å². The predicted molar refractivity (Wildman–Crippen MR) is 103 cm³/mol. The lowest BCUT2D eigenvalue weighted by Gasteiger charge is -2.26. The van der Waals surface area contributed by atoms with Crippen LogP contribution in [0.2, 0.25) is 0 Å². The van der Waals surface area contributed by atoms with Crippen molar-refractivity contribution in [2.75, 3.05) is 0 Å². The summed E-state index contributed by atoms with van der Waals surface area (Å²) in [5.41, 5.74) is 4.56. The first-order valence-electron chi connectivity index (χ1n) is 8.87. The van der Waals surface area contributed by atoms with Crippen LogP contribution in [0, 0.1) is 6.92 Å².